The van der Waals surface area contributed by atoms with Crippen LogP contribution in [0.2, 0.25) is 0 Å². The van der Waals surface area contributed by atoms with Gasteiger partial charge in [-0.2, -0.15) is 0 Å². The van der Waals surface area contributed by atoms with E-state index >= 15 is 0 Å². The molecule has 0 spiro atoms. The van der Waals surface area contributed by atoms with Gasteiger partial charge < -0.3 is 14.4 Å². The lowest BCUT2D eigenvalue weighted by Gasteiger charge is -2.39. The Bertz CT molecular complexity index is 976. The van der Waals surface area contributed by atoms with Crippen LogP contribution in [-0.2, 0) is 16.0 Å². The fraction of sp³-hybridized carbons (Fsp3) is 0.500. The van der Waals surface area contributed by atoms with Crippen molar-refractivity contribution in [2.75, 3.05) is 20.2 Å². The number of carbonyl (C=O) groups is 2. The fourth-order valence-corrected chi connectivity index (χ4v) is 4.90. The van der Waals surface area contributed by atoms with Crippen LogP contribution in [0.25, 0.3) is 0 Å². The Labute approximate surface area is 202 Å². The topological polar surface area (TPSA) is 59.1 Å². The summed E-state index contributed by atoms with van der Waals surface area (Å²) in [7, 11) is 1.39. The van der Waals surface area contributed by atoms with Gasteiger partial charge >= 0.3 is 12.1 Å². The molecule has 1 saturated heterocycles. The molecular formula is C28H36N2O4. The number of amides is 1. The SMILES string of the molecule is COC(=O)c1ccc(CN2CCC(N(C(=O)OC(C)(C)C)C3C[C@H]3c3ccccc3)CC2)cc1. The number of esters is 1. The first kappa shape index (κ1) is 24.3. The van der Waals surface area contributed by atoms with Gasteiger partial charge in [-0.1, -0.05) is 42.5 Å². The number of piperidine rings is 1. The standard InChI is InChI=1S/C28H36N2O4/c1-28(2,3)34-27(32)30(25-18-24(25)21-8-6-5-7-9-21)23-14-16-29(17-15-23)19-20-10-12-22(13-11-20)26(31)33-4/h5-13,23-25H,14-19H2,1-4H3/t24-,25?/m0/s1. The first-order chi connectivity index (χ1) is 16.2. The highest BCUT2D eigenvalue weighted by Gasteiger charge is 2.48. The third-order valence-electron chi connectivity index (χ3n) is 6.68. The van der Waals surface area contributed by atoms with Gasteiger partial charge in [0.05, 0.1) is 12.7 Å². The van der Waals surface area contributed by atoms with Gasteiger partial charge in [0.15, 0.2) is 0 Å². The van der Waals surface area contributed by atoms with E-state index in [1.54, 1.807) is 0 Å². The van der Waals surface area contributed by atoms with Crippen molar-refractivity contribution >= 4 is 12.1 Å². The van der Waals surface area contributed by atoms with Gasteiger partial charge in [0.1, 0.15) is 5.60 Å². The van der Waals surface area contributed by atoms with Crippen LogP contribution in [-0.4, -0.2) is 59.7 Å². The van der Waals surface area contributed by atoms with Crippen LogP contribution in [0.15, 0.2) is 54.6 Å². The zero-order chi connectivity index (χ0) is 24.3. The molecule has 2 aromatic rings. The van der Waals surface area contributed by atoms with Crippen molar-refractivity contribution in [1.29, 1.82) is 0 Å². The third-order valence-corrected chi connectivity index (χ3v) is 6.68. The summed E-state index contributed by atoms with van der Waals surface area (Å²) in [6, 6.07) is 18.5. The van der Waals surface area contributed by atoms with E-state index in [0.717, 1.165) is 38.9 Å². The molecule has 2 aromatic carbocycles. The lowest BCUT2D eigenvalue weighted by Crippen LogP contribution is -2.50. The highest BCUT2D eigenvalue weighted by molar-refractivity contribution is 5.89. The lowest BCUT2D eigenvalue weighted by molar-refractivity contribution is 0.00486. The number of hydrogen-bond acceptors (Lipinski definition) is 5. The van der Waals surface area contributed by atoms with E-state index < -0.39 is 5.60 Å². The number of likely N-dealkylation sites (tertiary alicyclic amines) is 1. The summed E-state index contributed by atoms with van der Waals surface area (Å²) in [4.78, 5) is 29.4. The normalized spacial score (nSPS) is 21.1. The predicted molar refractivity (Wildman–Crippen MR) is 132 cm³/mol. The number of nitrogens with zero attached hydrogens (tertiary/aromatic N) is 2. The minimum Gasteiger partial charge on any atom is -0.465 e. The number of rotatable bonds is 6. The molecular weight excluding hydrogens is 428 g/mol. The van der Waals surface area contributed by atoms with Crippen molar-refractivity contribution < 1.29 is 19.1 Å². The molecule has 0 bridgehead atoms. The Hall–Kier alpha value is -2.86. The summed E-state index contributed by atoms with van der Waals surface area (Å²) < 4.78 is 10.6. The zero-order valence-electron chi connectivity index (χ0n) is 20.7. The van der Waals surface area contributed by atoms with E-state index in [4.69, 9.17) is 9.47 Å². The minimum atomic E-state index is -0.510. The second kappa shape index (κ2) is 10.2. The summed E-state index contributed by atoms with van der Waals surface area (Å²) in [5.74, 6) is 0.0727. The van der Waals surface area contributed by atoms with Gasteiger partial charge in [-0.15, -0.1) is 0 Å². The van der Waals surface area contributed by atoms with Crippen molar-refractivity contribution in [1.82, 2.24) is 9.80 Å². The largest absolute Gasteiger partial charge is 0.465 e. The maximum absolute atomic E-state index is 13.3. The molecule has 1 amide bonds. The Morgan fingerprint density at radius 2 is 1.65 bits per heavy atom. The first-order valence-electron chi connectivity index (χ1n) is 12.2. The monoisotopic (exact) mass is 464 g/mol. The molecule has 1 aliphatic heterocycles. The predicted octanol–water partition coefficient (Wildman–Crippen LogP) is 5.23. The molecule has 1 unspecified atom stereocenters. The molecule has 0 radical (unpaired) electrons. The molecule has 2 aliphatic rings. The van der Waals surface area contributed by atoms with E-state index in [0.29, 0.717) is 11.5 Å². The van der Waals surface area contributed by atoms with Crippen LogP contribution in [0.3, 0.4) is 0 Å². The molecule has 1 aliphatic carbocycles. The molecule has 1 saturated carbocycles. The van der Waals surface area contributed by atoms with E-state index in [1.807, 2.05) is 56.0 Å². The van der Waals surface area contributed by atoms with Gasteiger partial charge in [-0.05, 0) is 63.3 Å². The molecule has 1 heterocycles. The fourth-order valence-electron chi connectivity index (χ4n) is 4.90. The quantitative estimate of drug-likeness (QED) is 0.548. The minimum absolute atomic E-state index is 0.187. The molecule has 2 atom stereocenters. The van der Waals surface area contributed by atoms with Crippen LogP contribution in [0.4, 0.5) is 4.79 Å². The lowest BCUT2D eigenvalue weighted by atomic mass is 10.0. The molecule has 182 valence electrons. The van der Waals surface area contributed by atoms with Crippen LogP contribution >= 0.6 is 0 Å². The second-order valence-corrected chi connectivity index (χ2v) is 10.4. The number of hydrogen-bond donors (Lipinski definition) is 0. The van der Waals surface area contributed by atoms with E-state index in [1.165, 1.54) is 18.2 Å². The number of ether oxygens (including phenoxy) is 2. The molecule has 2 fully saturated rings. The number of carbonyl (C=O) groups excluding carboxylic acids is 2. The third kappa shape index (κ3) is 5.98. The van der Waals surface area contributed by atoms with Gasteiger partial charge in [0.25, 0.3) is 0 Å². The summed E-state index contributed by atoms with van der Waals surface area (Å²) in [5, 5.41) is 0. The molecule has 0 aromatic heterocycles. The maximum Gasteiger partial charge on any atom is 0.410 e. The van der Waals surface area contributed by atoms with Crippen LogP contribution in [0.5, 0.6) is 0 Å². The van der Waals surface area contributed by atoms with Crippen LogP contribution in [0.1, 0.15) is 67.4 Å². The smallest absolute Gasteiger partial charge is 0.410 e. The van der Waals surface area contributed by atoms with Crippen LogP contribution in [0, 0.1) is 0 Å². The molecule has 6 nitrogen and oxygen atoms in total. The first-order valence-corrected chi connectivity index (χ1v) is 12.2. The Morgan fingerprint density at radius 1 is 1.00 bits per heavy atom. The highest BCUT2D eigenvalue weighted by Crippen LogP contribution is 2.46. The van der Waals surface area contributed by atoms with E-state index in [2.05, 4.69) is 29.2 Å². The maximum atomic E-state index is 13.3. The Kier molecular flexibility index (Phi) is 7.27. The summed E-state index contributed by atoms with van der Waals surface area (Å²) in [6.07, 6.45) is 2.66. The molecule has 6 heteroatoms. The zero-order valence-corrected chi connectivity index (χ0v) is 20.7. The van der Waals surface area contributed by atoms with Gasteiger partial charge in [-0.25, -0.2) is 9.59 Å². The molecule has 0 N–H and O–H groups in total. The Morgan fingerprint density at radius 3 is 2.24 bits per heavy atom. The number of benzene rings is 2. The van der Waals surface area contributed by atoms with E-state index in [9.17, 15) is 9.59 Å². The molecule has 34 heavy (non-hydrogen) atoms. The van der Waals surface area contributed by atoms with Crippen molar-refractivity contribution in [3.63, 3.8) is 0 Å². The van der Waals surface area contributed by atoms with Crippen LogP contribution < -0.4 is 0 Å². The van der Waals surface area contributed by atoms with Crippen molar-refractivity contribution in [3.8, 4) is 0 Å². The Balaban J connectivity index is 1.38. The van der Waals surface area contributed by atoms with Crippen molar-refractivity contribution in [2.24, 2.45) is 0 Å². The number of methoxy groups -OCH3 is 1. The van der Waals surface area contributed by atoms with Gasteiger partial charge in [-0.3, -0.25) is 4.90 Å². The van der Waals surface area contributed by atoms with Gasteiger partial charge in [0, 0.05) is 37.6 Å². The average Bonchev–Trinajstić information content (AvgIpc) is 3.60. The van der Waals surface area contributed by atoms with E-state index in [-0.39, 0.29) is 24.1 Å². The molecule has 4 rings (SSSR count). The highest BCUT2D eigenvalue weighted by atomic mass is 16.6. The second-order valence-electron chi connectivity index (χ2n) is 10.4. The average molecular weight is 465 g/mol. The summed E-state index contributed by atoms with van der Waals surface area (Å²) in [6.45, 7) is 8.46. The summed E-state index contributed by atoms with van der Waals surface area (Å²) >= 11 is 0. The van der Waals surface area contributed by atoms with Gasteiger partial charge in [0.2, 0.25) is 0 Å². The summed E-state index contributed by atoms with van der Waals surface area (Å²) in [5.41, 5.74) is 2.52. The van der Waals surface area contributed by atoms with Crippen molar-refractivity contribution in [3.05, 3.63) is 71.3 Å². The van der Waals surface area contributed by atoms with Crippen molar-refractivity contribution in [2.45, 2.75) is 70.2 Å².